The van der Waals surface area contributed by atoms with E-state index in [4.69, 9.17) is 16.1 Å². The van der Waals surface area contributed by atoms with Crippen molar-refractivity contribution in [3.63, 3.8) is 0 Å². The Bertz CT molecular complexity index is 2280. The number of imide groups is 1. The van der Waals surface area contributed by atoms with Crippen LogP contribution >= 0.6 is 11.6 Å². The molecule has 0 bridgehead atoms. The molecule has 1 saturated heterocycles. The number of halogens is 2. The van der Waals surface area contributed by atoms with E-state index in [1.165, 1.54) is 11.0 Å². The molecule has 0 spiro atoms. The summed E-state index contributed by atoms with van der Waals surface area (Å²) < 4.78 is 20.8. The molecule has 282 valence electrons. The van der Waals surface area contributed by atoms with Crippen LogP contribution in [-0.4, -0.2) is 46.6 Å². The van der Waals surface area contributed by atoms with Crippen molar-refractivity contribution in [2.75, 3.05) is 11.4 Å². The Hall–Kier alpha value is -5.34. The van der Waals surface area contributed by atoms with Gasteiger partial charge >= 0.3 is 0 Å². The number of piperidine rings is 1. The maximum atomic E-state index is 15.3. The average molecular weight is 761 g/mol. The number of aryl methyl sites for hydroxylation is 3. The van der Waals surface area contributed by atoms with Crippen molar-refractivity contribution < 1.29 is 23.3 Å². The minimum Gasteiger partial charge on any atom is -0.361 e. The van der Waals surface area contributed by atoms with Crippen LogP contribution in [0.1, 0.15) is 89.9 Å². The molecule has 8 rings (SSSR count). The highest BCUT2D eigenvalue weighted by atomic mass is 35.5. The normalized spacial score (nSPS) is 21.8. The molecule has 3 aromatic carbocycles. The van der Waals surface area contributed by atoms with Crippen LogP contribution in [0.3, 0.4) is 0 Å². The van der Waals surface area contributed by atoms with Gasteiger partial charge in [-0.05, 0) is 130 Å². The molecule has 1 unspecified atom stereocenters. The molecule has 3 amide bonds. The van der Waals surface area contributed by atoms with Gasteiger partial charge in [0.2, 0.25) is 11.8 Å². The Balaban J connectivity index is 0.990. The van der Waals surface area contributed by atoms with Gasteiger partial charge in [-0.3, -0.25) is 24.7 Å². The summed E-state index contributed by atoms with van der Waals surface area (Å²) in [5.41, 5.74) is 7.40. The SMILES string of the molecule is Cc1ccc(-c2c(C)noc2C)cc1N(CC1CCC(/C=N/c2cc3c(cc2F)C(=O)N(C2CCC(=O)NC2=O)C3)CC1)c1ccc(C2(C#N)CC2)c(Cl)c1. The molecule has 3 fully saturated rings. The summed E-state index contributed by atoms with van der Waals surface area (Å²) in [7, 11) is 0. The molecule has 2 aliphatic heterocycles. The molecule has 1 atom stereocenters. The zero-order valence-electron chi connectivity index (χ0n) is 31.1. The molecule has 4 aromatic rings. The van der Waals surface area contributed by atoms with Gasteiger partial charge in [0.05, 0.1) is 22.9 Å². The Labute approximate surface area is 324 Å². The Morgan fingerprint density at radius 2 is 1.85 bits per heavy atom. The van der Waals surface area contributed by atoms with Gasteiger partial charge in [-0.2, -0.15) is 5.26 Å². The summed E-state index contributed by atoms with van der Waals surface area (Å²) in [5.74, 6) is -0.562. The molecule has 0 radical (unpaired) electrons. The van der Waals surface area contributed by atoms with E-state index in [0.717, 1.165) is 90.2 Å². The van der Waals surface area contributed by atoms with Gasteiger partial charge in [0, 0.05) is 53.2 Å². The lowest BCUT2D eigenvalue weighted by Gasteiger charge is -2.34. The van der Waals surface area contributed by atoms with Gasteiger partial charge in [0.25, 0.3) is 5.91 Å². The smallest absolute Gasteiger partial charge is 0.255 e. The van der Waals surface area contributed by atoms with E-state index in [2.05, 4.69) is 57.6 Å². The lowest BCUT2D eigenvalue weighted by Crippen LogP contribution is -2.52. The first-order chi connectivity index (χ1) is 26.4. The van der Waals surface area contributed by atoms with E-state index in [1.54, 1.807) is 6.07 Å². The third-order valence-electron chi connectivity index (χ3n) is 11.9. The third kappa shape index (κ3) is 6.93. The Kier molecular flexibility index (Phi) is 9.58. The molecular weight excluding hydrogens is 719 g/mol. The number of aromatic nitrogens is 1. The number of hydrogen-bond acceptors (Lipinski definition) is 8. The molecule has 12 heteroatoms. The van der Waals surface area contributed by atoms with Crippen LogP contribution < -0.4 is 10.2 Å². The van der Waals surface area contributed by atoms with Gasteiger partial charge in [-0.25, -0.2) is 4.39 Å². The number of nitrogens with zero attached hydrogens (tertiary/aromatic N) is 5. The highest BCUT2D eigenvalue weighted by Gasteiger charge is 2.46. The van der Waals surface area contributed by atoms with Crippen molar-refractivity contribution in [1.29, 1.82) is 5.26 Å². The number of anilines is 2. The number of hydrogen-bond donors (Lipinski definition) is 1. The van der Waals surface area contributed by atoms with Crippen molar-refractivity contribution in [2.24, 2.45) is 16.8 Å². The second-order valence-electron chi connectivity index (χ2n) is 15.6. The monoisotopic (exact) mass is 760 g/mol. The highest BCUT2D eigenvalue weighted by molar-refractivity contribution is 6.32. The van der Waals surface area contributed by atoms with Crippen LogP contribution in [0.4, 0.5) is 21.5 Å². The van der Waals surface area contributed by atoms with Gasteiger partial charge < -0.3 is 14.3 Å². The van der Waals surface area contributed by atoms with E-state index in [0.29, 0.717) is 16.5 Å². The third-order valence-corrected chi connectivity index (χ3v) is 12.2. The number of carbonyl (C=O) groups excluding carboxylic acids is 3. The predicted molar refractivity (Wildman–Crippen MR) is 207 cm³/mol. The largest absolute Gasteiger partial charge is 0.361 e. The lowest BCUT2D eigenvalue weighted by molar-refractivity contribution is -0.136. The van der Waals surface area contributed by atoms with Crippen LogP contribution in [0.2, 0.25) is 5.02 Å². The van der Waals surface area contributed by atoms with Crippen LogP contribution in [0.5, 0.6) is 0 Å². The number of nitriles is 1. The Morgan fingerprint density at radius 3 is 2.53 bits per heavy atom. The van der Waals surface area contributed by atoms with Crippen LogP contribution in [-0.2, 0) is 21.5 Å². The number of nitrogens with one attached hydrogen (secondary N) is 1. The minimum absolute atomic E-state index is 0.155. The summed E-state index contributed by atoms with van der Waals surface area (Å²) in [5, 5.41) is 17.0. The van der Waals surface area contributed by atoms with Crippen molar-refractivity contribution in [2.45, 2.75) is 90.1 Å². The first-order valence-corrected chi connectivity index (χ1v) is 19.4. The summed E-state index contributed by atoms with van der Waals surface area (Å²) in [6.45, 7) is 6.90. The van der Waals surface area contributed by atoms with Crippen LogP contribution in [0.25, 0.3) is 11.1 Å². The van der Waals surface area contributed by atoms with E-state index in [9.17, 15) is 19.6 Å². The number of benzene rings is 3. The van der Waals surface area contributed by atoms with Gasteiger partial charge in [0.15, 0.2) is 0 Å². The second kappa shape index (κ2) is 14.4. The fourth-order valence-corrected chi connectivity index (χ4v) is 8.91. The summed E-state index contributed by atoms with van der Waals surface area (Å²) in [6.07, 6.45) is 7.54. The summed E-state index contributed by atoms with van der Waals surface area (Å²) >= 11 is 6.92. The quantitative estimate of drug-likeness (QED) is 0.133. The lowest BCUT2D eigenvalue weighted by atomic mass is 9.82. The van der Waals surface area contributed by atoms with Gasteiger partial charge in [0.1, 0.15) is 17.6 Å². The van der Waals surface area contributed by atoms with Crippen molar-refractivity contribution in [3.05, 3.63) is 93.1 Å². The number of fused-ring (bicyclic) bond motifs is 1. The zero-order chi connectivity index (χ0) is 38.6. The van der Waals surface area contributed by atoms with E-state index >= 15 is 4.39 Å². The summed E-state index contributed by atoms with van der Waals surface area (Å²) in [6, 6.07) is 17.1. The fourth-order valence-electron chi connectivity index (χ4n) is 8.56. The first-order valence-electron chi connectivity index (χ1n) is 19.0. The molecule has 1 aromatic heterocycles. The molecule has 2 saturated carbocycles. The number of amides is 3. The number of carbonyl (C=O) groups is 3. The summed E-state index contributed by atoms with van der Waals surface area (Å²) in [4.78, 5) is 45.5. The van der Waals surface area contributed by atoms with Crippen molar-refractivity contribution >= 4 is 52.6 Å². The van der Waals surface area contributed by atoms with E-state index in [-0.39, 0.29) is 42.5 Å². The van der Waals surface area contributed by atoms with E-state index in [1.807, 2.05) is 32.2 Å². The molecule has 1 N–H and O–H groups in total. The maximum Gasteiger partial charge on any atom is 0.255 e. The van der Waals surface area contributed by atoms with Crippen LogP contribution in [0.15, 0.2) is 58.0 Å². The highest BCUT2D eigenvalue weighted by Crippen LogP contribution is 2.51. The average Bonchev–Trinajstić information content (AvgIpc) is 3.81. The van der Waals surface area contributed by atoms with Crippen molar-refractivity contribution in [3.8, 4) is 17.2 Å². The fraction of sp³-hybridized carbons (Fsp3) is 0.395. The van der Waals surface area contributed by atoms with Crippen molar-refractivity contribution in [1.82, 2.24) is 15.4 Å². The first kappa shape index (κ1) is 36.6. The molecule has 55 heavy (non-hydrogen) atoms. The van der Waals surface area contributed by atoms with Crippen LogP contribution in [0, 0.1) is 49.8 Å². The second-order valence-corrected chi connectivity index (χ2v) is 16.0. The van der Waals surface area contributed by atoms with E-state index < -0.39 is 29.1 Å². The Morgan fingerprint density at radius 1 is 1.07 bits per heavy atom. The molecular formula is C43H42ClFN6O4. The molecule has 4 aliphatic rings. The van der Waals surface area contributed by atoms with Gasteiger partial charge in [-0.15, -0.1) is 0 Å². The number of aliphatic imine (C=N–C) groups is 1. The topological polar surface area (TPSA) is 132 Å². The van der Waals surface area contributed by atoms with Gasteiger partial charge in [-0.1, -0.05) is 35.0 Å². The molecule has 10 nitrogen and oxygen atoms in total. The molecule has 2 aliphatic carbocycles. The zero-order valence-corrected chi connectivity index (χ0v) is 31.9. The predicted octanol–water partition coefficient (Wildman–Crippen LogP) is 8.72. The maximum absolute atomic E-state index is 15.3. The number of rotatable bonds is 9. The molecule has 3 heterocycles. The minimum atomic E-state index is -0.761. The standard InChI is InChI=1S/C43H42ClFN6O4/c1-24-4-9-29(40-25(2)49-55-26(40)3)17-38(24)50(31-10-11-33(34(44)18-31)43(23-46)14-15-43)21-28-7-5-27(6-8-28)20-47-36-16-30-22-51(42(54)32(30)19-35(36)45)37-12-13-39(52)48-41(37)53/h4,9-11,16-20,27-28,37H,5-8,12-15,21-22H2,1-3H3,(H,48,52,53)/b47-20+.